The Morgan fingerprint density at radius 1 is 0.944 bits per heavy atom. The Morgan fingerprint density at radius 3 is 2.39 bits per heavy atom. The summed E-state index contributed by atoms with van der Waals surface area (Å²) in [4.78, 5) is 0. The summed E-state index contributed by atoms with van der Waals surface area (Å²) in [7, 11) is 0. The van der Waals surface area contributed by atoms with E-state index in [1.807, 2.05) is 56.3 Å². The highest BCUT2D eigenvalue weighted by molar-refractivity contribution is 5.91. The zero-order valence-corrected chi connectivity index (χ0v) is 11.0. The fourth-order valence-corrected chi connectivity index (χ4v) is 1.86. The fourth-order valence-electron chi connectivity index (χ4n) is 1.86. The van der Waals surface area contributed by atoms with Crippen molar-refractivity contribution in [3.63, 3.8) is 0 Å². The molecule has 0 amide bonds. The van der Waals surface area contributed by atoms with Gasteiger partial charge in [-0.1, -0.05) is 61.0 Å². The van der Waals surface area contributed by atoms with Gasteiger partial charge in [0.1, 0.15) is 5.69 Å². The van der Waals surface area contributed by atoms with Gasteiger partial charge in [0.15, 0.2) is 5.58 Å². The lowest BCUT2D eigenvalue weighted by Gasteiger charge is -1.96. The number of hydrogen-bond donors (Lipinski definition) is 0. The first-order valence-corrected chi connectivity index (χ1v) is 6.26. The summed E-state index contributed by atoms with van der Waals surface area (Å²) in [5.74, 6) is 0. The minimum absolute atomic E-state index is 0.837. The van der Waals surface area contributed by atoms with Crippen molar-refractivity contribution in [2.24, 2.45) is 0 Å². The van der Waals surface area contributed by atoms with Crippen LogP contribution in [-0.2, 0) is 0 Å². The molecule has 0 spiro atoms. The molecule has 0 bridgehead atoms. The van der Waals surface area contributed by atoms with Crippen molar-refractivity contribution in [1.82, 2.24) is 5.16 Å². The van der Waals surface area contributed by atoms with Gasteiger partial charge in [0.25, 0.3) is 0 Å². The second-order valence-corrected chi connectivity index (χ2v) is 3.90. The van der Waals surface area contributed by atoms with Crippen LogP contribution in [0.2, 0.25) is 0 Å². The first kappa shape index (κ1) is 12.4. The minimum Gasteiger partial charge on any atom is -0.356 e. The largest absolute Gasteiger partial charge is 0.356 e. The van der Waals surface area contributed by atoms with Gasteiger partial charge in [0.05, 0.1) is 0 Å². The molecule has 0 saturated heterocycles. The number of nitrogens with zero attached hydrogens (tertiary/aromatic N) is 1. The molecular formula is C16H17NO. The third-order valence-corrected chi connectivity index (χ3v) is 2.67. The van der Waals surface area contributed by atoms with Crippen molar-refractivity contribution in [1.29, 1.82) is 0 Å². The van der Waals surface area contributed by atoms with Crippen molar-refractivity contribution < 1.29 is 4.52 Å². The van der Waals surface area contributed by atoms with Crippen molar-refractivity contribution >= 4 is 11.0 Å². The summed E-state index contributed by atoms with van der Waals surface area (Å²) < 4.78 is 5.31. The Kier molecular flexibility index (Phi) is 3.78. The highest BCUT2D eigenvalue weighted by Gasteiger charge is 2.09. The first-order chi connectivity index (χ1) is 8.84. The molecular weight excluding hydrogens is 222 g/mol. The maximum absolute atomic E-state index is 5.31. The van der Waals surface area contributed by atoms with Crippen molar-refractivity contribution in [3.05, 3.63) is 54.1 Å². The Balaban J connectivity index is 0.000000574. The topological polar surface area (TPSA) is 26.0 Å². The van der Waals surface area contributed by atoms with Gasteiger partial charge in [-0.05, 0) is 19.1 Å². The summed E-state index contributed by atoms with van der Waals surface area (Å²) in [6.45, 7) is 6.07. The molecule has 0 aliphatic rings. The van der Waals surface area contributed by atoms with Crippen molar-refractivity contribution in [2.75, 3.05) is 0 Å². The zero-order valence-electron chi connectivity index (χ0n) is 11.0. The van der Waals surface area contributed by atoms with Crippen LogP contribution >= 0.6 is 0 Å². The molecule has 0 unspecified atom stereocenters. The average Bonchev–Trinajstić information content (AvgIpc) is 2.85. The molecule has 0 saturated carbocycles. The van der Waals surface area contributed by atoms with E-state index in [4.69, 9.17) is 4.52 Å². The molecule has 1 aromatic heterocycles. The lowest BCUT2D eigenvalue weighted by molar-refractivity contribution is 0.459. The van der Waals surface area contributed by atoms with Crippen LogP contribution in [0.4, 0.5) is 0 Å². The smallest absolute Gasteiger partial charge is 0.167 e. The average molecular weight is 239 g/mol. The van der Waals surface area contributed by atoms with Crippen LogP contribution in [0.3, 0.4) is 0 Å². The van der Waals surface area contributed by atoms with E-state index in [0.717, 1.165) is 22.2 Å². The molecule has 3 rings (SSSR count). The van der Waals surface area contributed by atoms with Gasteiger partial charge in [-0.15, -0.1) is 0 Å². The van der Waals surface area contributed by atoms with Gasteiger partial charge >= 0.3 is 0 Å². The molecule has 18 heavy (non-hydrogen) atoms. The third kappa shape index (κ3) is 2.28. The maximum Gasteiger partial charge on any atom is 0.167 e. The van der Waals surface area contributed by atoms with Gasteiger partial charge in [-0.25, -0.2) is 0 Å². The zero-order chi connectivity index (χ0) is 13.0. The maximum atomic E-state index is 5.31. The highest BCUT2D eigenvalue weighted by Crippen LogP contribution is 2.28. The van der Waals surface area contributed by atoms with Gasteiger partial charge < -0.3 is 4.52 Å². The summed E-state index contributed by atoms with van der Waals surface area (Å²) in [5, 5.41) is 5.21. The molecule has 92 valence electrons. The van der Waals surface area contributed by atoms with Gasteiger partial charge in [0, 0.05) is 10.9 Å². The molecule has 2 aromatic carbocycles. The molecule has 2 heteroatoms. The molecule has 0 aliphatic heterocycles. The van der Waals surface area contributed by atoms with E-state index < -0.39 is 0 Å². The number of fused-ring (bicyclic) bond motifs is 1. The Bertz CT molecular complexity index is 626. The lowest BCUT2D eigenvalue weighted by Crippen LogP contribution is -1.77. The Labute approximate surface area is 107 Å². The minimum atomic E-state index is 0.837. The van der Waals surface area contributed by atoms with E-state index in [1.165, 1.54) is 5.56 Å². The molecule has 3 aromatic rings. The van der Waals surface area contributed by atoms with E-state index in [9.17, 15) is 0 Å². The summed E-state index contributed by atoms with van der Waals surface area (Å²) >= 11 is 0. The van der Waals surface area contributed by atoms with Crippen LogP contribution in [0.5, 0.6) is 0 Å². The highest BCUT2D eigenvalue weighted by atomic mass is 16.5. The molecule has 0 N–H and O–H groups in total. The number of rotatable bonds is 1. The van der Waals surface area contributed by atoms with E-state index in [-0.39, 0.29) is 0 Å². The lowest BCUT2D eigenvalue weighted by atomic mass is 10.1. The summed E-state index contributed by atoms with van der Waals surface area (Å²) in [5.41, 5.74) is 4.06. The molecule has 0 aliphatic carbocycles. The monoisotopic (exact) mass is 239 g/mol. The number of benzene rings is 2. The van der Waals surface area contributed by atoms with Gasteiger partial charge in [0.2, 0.25) is 0 Å². The number of aryl methyl sites for hydroxylation is 1. The summed E-state index contributed by atoms with van der Waals surface area (Å²) in [6.07, 6.45) is 0. The van der Waals surface area contributed by atoms with Crippen molar-refractivity contribution in [2.45, 2.75) is 20.8 Å². The first-order valence-electron chi connectivity index (χ1n) is 6.26. The SMILES string of the molecule is CC.Cc1ccc2onc(-c3ccccc3)c2c1. The third-order valence-electron chi connectivity index (χ3n) is 2.67. The summed E-state index contributed by atoms with van der Waals surface area (Å²) in [6, 6.07) is 16.2. The van der Waals surface area contributed by atoms with E-state index >= 15 is 0 Å². The van der Waals surface area contributed by atoms with Crippen LogP contribution in [0.25, 0.3) is 22.2 Å². The molecule has 2 nitrogen and oxygen atoms in total. The van der Waals surface area contributed by atoms with Crippen molar-refractivity contribution in [3.8, 4) is 11.3 Å². The molecule has 0 atom stereocenters. The van der Waals surface area contributed by atoms with Gasteiger partial charge in [-0.3, -0.25) is 0 Å². The van der Waals surface area contributed by atoms with E-state index in [0.29, 0.717) is 0 Å². The Morgan fingerprint density at radius 2 is 1.67 bits per heavy atom. The molecule has 1 heterocycles. The van der Waals surface area contributed by atoms with Crippen LogP contribution in [-0.4, -0.2) is 5.16 Å². The van der Waals surface area contributed by atoms with Crippen LogP contribution in [0, 0.1) is 6.92 Å². The predicted molar refractivity (Wildman–Crippen MR) is 75.5 cm³/mol. The number of hydrogen-bond acceptors (Lipinski definition) is 2. The number of aromatic nitrogens is 1. The van der Waals surface area contributed by atoms with E-state index in [2.05, 4.69) is 18.1 Å². The Hall–Kier alpha value is -2.09. The quantitative estimate of drug-likeness (QED) is 0.608. The van der Waals surface area contributed by atoms with Gasteiger partial charge in [-0.2, -0.15) is 0 Å². The van der Waals surface area contributed by atoms with E-state index in [1.54, 1.807) is 0 Å². The second-order valence-electron chi connectivity index (χ2n) is 3.90. The molecule has 0 radical (unpaired) electrons. The van der Waals surface area contributed by atoms with Crippen LogP contribution in [0.15, 0.2) is 53.1 Å². The second kappa shape index (κ2) is 5.50. The predicted octanol–water partition coefficient (Wildman–Crippen LogP) is 4.83. The normalized spacial score (nSPS) is 9.94. The standard InChI is InChI=1S/C14H11NO.C2H6/c1-10-7-8-13-12(9-10)14(15-16-13)11-5-3-2-4-6-11;1-2/h2-9H,1H3;1-2H3. The molecule has 0 fully saturated rings. The van der Waals surface area contributed by atoms with Crippen LogP contribution < -0.4 is 0 Å². The van der Waals surface area contributed by atoms with Crippen LogP contribution in [0.1, 0.15) is 19.4 Å². The fraction of sp³-hybridized carbons (Fsp3) is 0.188.